The van der Waals surface area contributed by atoms with Crippen molar-refractivity contribution in [2.75, 3.05) is 18.4 Å². The van der Waals surface area contributed by atoms with E-state index in [0.717, 1.165) is 38.8 Å². The number of carbonyl (C=O) groups excluding carboxylic acids is 3. The summed E-state index contributed by atoms with van der Waals surface area (Å²) in [6.07, 6.45) is 4.27. The summed E-state index contributed by atoms with van der Waals surface area (Å²) < 4.78 is 0. The Morgan fingerprint density at radius 3 is 2.00 bits per heavy atom. The van der Waals surface area contributed by atoms with Crippen LogP contribution in [0, 0.1) is 5.41 Å². The SMILES string of the molecule is CC(=O)c1ccc(NC(=O)C(C)(C)C(=O)N2CCCCCC2)cc1. The summed E-state index contributed by atoms with van der Waals surface area (Å²) in [5, 5.41) is 2.79. The number of amides is 2. The van der Waals surface area contributed by atoms with Gasteiger partial charge in [-0.3, -0.25) is 14.4 Å². The molecule has 130 valence electrons. The summed E-state index contributed by atoms with van der Waals surface area (Å²) in [4.78, 5) is 38.5. The average Bonchev–Trinajstić information content (AvgIpc) is 2.83. The van der Waals surface area contributed by atoms with Crippen molar-refractivity contribution < 1.29 is 14.4 Å². The summed E-state index contributed by atoms with van der Waals surface area (Å²) in [6.45, 7) is 6.28. The summed E-state index contributed by atoms with van der Waals surface area (Å²) in [6, 6.07) is 6.70. The molecule has 1 heterocycles. The lowest BCUT2D eigenvalue weighted by atomic mass is 9.90. The fraction of sp³-hybridized carbons (Fsp3) is 0.526. The lowest BCUT2D eigenvalue weighted by Gasteiger charge is -2.30. The molecular formula is C19H26N2O3. The number of nitrogens with one attached hydrogen (secondary N) is 1. The monoisotopic (exact) mass is 330 g/mol. The molecule has 1 aromatic rings. The van der Waals surface area contributed by atoms with E-state index < -0.39 is 5.41 Å². The quantitative estimate of drug-likeness (QED) is 0.681. The van der Waals surface area contributed by atoms with Crippen LogP contribution in [0.25, 0.3) is 0 Å². The molecule has 0 radical (unpaired) electrons. The van der Waals surface area contributed by atoms with E-state index in [9.17, 15) is 14.4 Å². The highest BCUT2D eigenvalue weighted by atomic mass is 16.2. The molecule has 1 aliphatic rings. The number of benzene rings is 1. The number of carbonyl (C=O) groups is 3. The van der Waals surface area contributed by atoms with Crippen LogP contribution in [0.3, 0.4) is 0 Å². The molecule has 0 aromatic heterocycles. The molecular weight excluding hydrogens is 304 g/mol. The number of nitrogens with zero attached hydrogens (tertiary/aromatic N) is 1. The molecule has 1 saturated heterocycles. The molecule has 1 aliphatic heterocycles. The maximum Gasteiger partial charge on any atom is 0.239 e. The van der Waals surface area contributed by atoms with Gasteiger partial charge in [-0.25, -0.2) is 0 Å². The number of hydrogen-bond donors (Lipinski definition) is 1. The Labute approximate surface area is 143 Å². The van der Waals surface area contributed by atoms with Crippen LogP contribution in [0.5, 0.6) is 0 Å². The molecule has 0 atom stereocenters. The molecule has 1 aromatic carbocycles. The van der Waals surface area contributed by atoms with Crippen molar-refractivity contribution in [2.45, 2.75) is 46.5 Å². The van der Waals surface area contributed by atoms with Crippen LogP contribution in [0.4, 0.5) is 5.69 Å². The van der Waals surface area contributed by atoms with E-state index in [1.54, 1.807) is 38.1 Å². The van der Waals surface area contributed by atoms with Gasteiger partial charge in [0.05, 0.1) is 0 Å². The molecule has 0 saturated carbocycles. The molecule has 0 bridgehead atoms. The molecule has 2 rings (SSSR count). The number of hydrogen-bond acceptors (Lipinski definition) is 3. The zero-order chi connectivity index (χ0) is 17.7. The normalized spacial score (nSPS) is 15.5. The summed E-state index contributed by atoms with van der Waals surface area (Å²) in [5.74, 6) is -0.473. The second kappa shape index (κ2) is 7.60. The molecule has 1 fully saturated rings. The van der Waals surface area contributed by atoms with Crippen LogP contribution in [-0.2, 0) is 9.59 Å². The third-order valence-corrected chi connectivity index (χ3v) is 4.54. The zero-order valence-corrected chi connectivity index (χ0v) is 14.7. The first-order chi connectivity index (χ1) is 11.3. The van der Waals surface area contributed by atoms with Gasteiger partial charge in [-0.1, -0.05) is 12.8 Å². The minimum Gasteiger partial charge on any atom is -0.342 e. The van der Waals surface area contributed by atoms with E-state index >= 15 is 0 Å². The van der Waals surface area contributed by atoms with Gasteiger partial charge in [-0.2, -0.15) is 0 Å². The fourth-order valence-electron chi connectivity index (χ4n) is 2.84. The molecule has 24 heavy (non-hydrogen) atoms. The zero-order valence-electron chi connectivity index (χ0n) is 14.7. The number of likely N-dealkylation sites (tertiary alicyclic amines) is 1. The summed E-state index contributed by atoms with van der Waals surface area (Å²) in [7, 11) is 0. The molecule has 5 heteroatoms. The highest BCUT2D eigenvalue weighted by molar-refractivity contribution is 6.10. The second-order valence-corrected chi connectivity index (χ2v) is 6.92. The predicted octanol–water partition coefficient (Wildman–Crippen LogP) is 3.26. The lowest BCUT2D eigenvalue weighted by molar-refractivity contribution is -0.146. The maximum atomic E-state index is 12.8. The van der Waals surface area contributed by atoms with Gasteiger partial charge in [-0.15, -0.1) is 0 Å². The van der Waals surface area contributed by atoms with Gasteiger partial charge in [0.25, 0.3) is 0 Å². The third-order valence-electron chi connectivity index (χ3n) is 4.54. The predicted molar refractivity (Wildman–Crippen MR) is 93.9 cm³/mol. The lowest BCUT2D eigenvalue weighted by Crippen LogP contribution is -2.47. The highest BCUT2D eigenvalue weighted by Crippen LogP contribution is 2.24. The molecule has 0 spiro atoms. The number of Topliss-reactive ketones (excluding diaryl/α,β-unsaturated/α-hetero) is 1. The van der Waals surface area contributed by atoms with Gasteiger partial charge in [0.2, 0.25) is 11.8 Å². The van der Waals surface area contributed by atoms with Crippen molar-refractivity contribution >= 4 is 23.3 Å². The standard InChI is InChI=1S/C19H26N2O3/c1-14(22)15-8-10-16(11-9-15)20-17(23)19(2,3)18(24)21-12-6-4-5-7-13-21/h8-11H,4-7,12-13H2,1-3H3,(H,20,23). The van der Waals surface area contributed by atoms with Gasteiger partial charge in [0, 0.05) is 24.3 Å². The van der Waals surface area contributed by atoms with Crippen molar-refractivity contribution in [2.24, 2.45) is 5.41 Å². The largest absolute Gasteiger partial charge is 0.342 e. The molecule has 5 nitrogen and oxygen atoms in total. The number of ketones is 1. The van der Waals surface area contributed by atoms with Gasteiger partial charge in [-0.05, 0) is 57.9 Å². The number of rotatable bonds is 4. The first-order valence-electron chi connectivity index (χ1n) is 8.54. The van der Waals surface area contributed by atoms with E-state index in [1.807, 2.05) is 4.90 Å². The van der Waals surface area contributed by atoms with E-state index in [-0.39, 0.29) is 17.6 Å². The van der Waals surface area contributed by atoms with Crippen LogP contribution in [0.15, 0.2) is 24.3 Å². The van der Waals surface area contributed by atoms with Crippen molar-refractivity contribution in [3.8, 4) is 0 Å². The van der Waals surface area contributed by atoms with Crippen LogP contribution in [0.2, 0.25) is 0 Å². The van der Waals surface area contributed by atoms with Crippen LogP contribution < -0.4 is 5.32 Å². The smallest absolute Gasteiger partial charge is 0.239 e. The Morgan fingerprint density at radius 2 is 1.50 bits per heavy atom. The van der Waals surface area contributed by atoms with Crippen LogP contribution in [-0.4, -0.2) is 35.6 Å². The molecule has 2 amide bonds. The Bertz CT molecular complexity index is 612. The minimum absolute atomic E-state index is 0.0236. The fourth-order valence-corrected chi connectivity index (χ4v) is 2.84. The van der Waals surface area contributed by atoms with Gasteiger partial charge < -0.3 is 10.2 Å². The highest BCUT2D eigenvalue weighted by Gasteiger charge is 2.39. The summed E-state index contributed by atoms with van der Waals surface area (Å²) in [5.41, 5.74) is 0.0542. The van der Waals surface area contributed by atoms with Crippen molar-refractivity contribution in [3.63, 3.8) is 0 Å². The first kappa shape index (κ1) is 18.2. The average molecular weight is 330 g/mol. The topological polar surface area (TPSA) is 66.5 Å². The molecule has 0 aliphatic carbocycles. The van der Waals surface area contributed by atoms with E-state index in [2.05, 4.69) is 5.32 Å². The third kappa shape index (κ3) is 4.22. The molecule has 0 unspecified atom stereocenters. The van der Waals surface area contributed by atoms with Gasteiger partial charge in [0.1, 0.15) is 5.41 Å². The van der Waals surface area contributed by atoms with E-state index in [4.69, 9.17) is 0 Å². The Morgan fingerprint density at radius 1 is 0.958 bits per heavy atom. The maximum absolute atomic E-state index is 12.8. The Kier molecular flexibility index (Phi) is 5.75. The van der Waals surface area contributed by atoms with E-state index in [0.29, 0.717) is 11.3 Å². The summed E-state index contributed by atoms with van der Waals surface area (Å²) >= 11 is 0. The second-order valence-electron chi connectivity index (χ2n) is 6.92. The van der Waals surface area contributed by atoms with Crippen LogP contribution in [0.1, 0.15) is 56.8 Å². The van der Waals surface area contributed by atoms with Crippen LogP contribution >= 0.6 is 0 Å². The molecule has 1 N–H and O–H groups in total. The Hall–Kier alpha value is -2.17. The Balaban J connectivity index is 2.05. The van der Waals surface area contributed by atoms with Gasteiger partial charge >= 0.3 is 0 Å². The van der Waals surface area contributed by atoms with Crippen molar-refractivity contribution in [1.82, 2.24) is 4.90 Å². The number of anilines is 1. The van der Waals surface area contributed by atoms with Crippen molar-refractivity contribution in [1.29, 1.82) is 0 Å². The van der Waals surface area contributed by atoms with Gasteiger partial charge in [0.15, 0.2) is 5.78 Å². The minimum atomic E-state index is -1.12. The van der Waals surface area contributed by atoms with Crippen molar-refractivity contribution in [3.05, 3.63) is 29.8 Å². The van der Waals surface area contributed by atoms with E-state index in [1.165, 1.54) is 6.92 Å². The first-order valence-corrected chi connectivity index (χ1v) is 8.54.